The Bertz CT molecular complexity index is 478. The van der Waals surface area contributed by atoms with Crippen molar-refractivity contribution >= 4 is 21.6 Å². The maximum atomic E-state index is 12.9. The number of benzene rings is 1. The van der Waals surface area contributed by atoms with E-state index in [1.54, 1.807) is 0 Å². The second-order valence-electron chi connectivity index (χ2n) is 3.28. The van der Waals surface area contributed by atoms with Crippen molar-refractivity contribution in [2.75, 3.05) is 6.61 Å². The summed E-state index contributed by atoms with van der Waals surface area (Å²) >= 11 is 5.66. The Morgan fingerprint density at radius 3 is 2.75 bits per heavy atom. The first-order chi connectivity index (χ1) is 7.36. The van der Waals surface area contributed by atoms with Gasteiger partial charge in [-0.25, -0.2) is 17.5 Å². The first kappa shape index (κ1) is 13.4. The SMILES string of the molecule is C[C@H](CO)NS(=O)(=O)c1cc(F)ccc1Cl. The van der Waals surface area contributed by atoms with Crippen LogP contribution in [0.2, 0.25) is 5.02 Å². The minimum atomic E-state index is -3.91. The zero-order valence-corrected chi connectivity index (χ0v) is 10.0. The molecule has 0 saturated carbocycles. The molecular weight excluding hydrogens is 257 g/mol. The summed E-state index contributed by atoms with van der Waals surface area (Å²) in [5.74, 6) is -0.693. The lowest BCUT2D eigenvalue weighted by Crippen LogP contribution is -2.35. The highest BCUT2D eigenvalue weighted by molar-refractivity contribution is 7.89. The summed E-state index contributed by atoms with van der Waals surface area (Å²) in [6.07, 6.45) is 0. The summed E-state index contributed by atoms with van der Waals surface area (Å²) in [5.41, 5.74) is 0. The third-order valence-electron chi connectivity index (χ3n) is 1.81. The number of rotatable bonds is 4. The lowest BCUT2D eigenvalue weighted by atomic mass is 10.3. The summed E-state index contributed by atoms with van der Waals surface area (Å²) in [4.78, 5) is -0.338. The van der Waals surface area contributed by atoms with Crippen molar-refractivity contribution < 1.29 is 17.9 Å². The smallest absolute Gasteiger partial charge is 0.242 e. The van der Waals surface area contributed by atoms with E-state index in [4.69, 9.17) is 16.7 Å². The van der Waals surface area contributed by atoms with Gasteiger partial charge in [0.1, 0.15) is 10.7 Å². The van der Waals surface area contributed by atoms with Crippen LogP contribution in [-0.2, 0) is 10.0 Å². The van der Waals surface area contributed by atoms with Crippen molar-refractivity contribution in [1.82, 2.24) is 4.72 Å². The van der Waals surface area contributed by atoms with E-state index in [1.807, 2.05) is 0 Å². The van der Waals surface area contributed by atoms with Gasteiger partial charge in [-0.2, -0.15) is 0 Å². The molecule has 0 aliphatic carbocycles. The van der Waals surface area contributed by atoms with Crippen LogP contribution in [0.5, 0.6) is 0 Å². The van der Waals surface area contributed by atoms with Crippen LogP contribution >= 0.6 is 11.6 Å². The molecule has 0 fully saturated rings. The second-order valence-corrected chi connectivity index (χ2v) is 5.37. The van der Waals surface area contributed by atoms with Gasteiger partial charge in [0.05, 0.1) is 11.6 Å². The topological polar surface area (TPSA) is 66.4 Å². The molecule has 0 bridgehead atoms. The number of hydrogen-bond donors (Lipinski definition) is 2. The molecule has 0 aromatic heterocycles. The number of aliphatic hydroxyl groups excluding tert-OH is 1. The van der Waals surface area contributed by atoms with Crippen LogP contribution in [0.4, 0.5) is 4.39 Å². The molecule has 90 valence electrons. The van der Waals surface area contributed by atoms with Crippen molar-refractivity contribution in [3.05, 3.63) is 29.0 Å². The lowest BCUT2D eigenvalue weighted by molar-refractivity contribution is 0.265. The highest BCUT2D eigenvalue weighted by Gasteiger charge is 2.20. The molecule has 0 unspecified atom stereocenters. The quantitative estimate of drug-likeness (QED) is 0.860. The van der Waals surface area contributed by atoms with Gasteiger partial charge in [0.25, 0.3) is 0 Å². The molecule has 1 aromatic carbocycles. The van der Waals surface area contributed by atoms with Gasteiger partial charge in [-0.1, -0.05) is 11.6 Å². The summed E-state index contributed by atoms with van der Waals surface area (Å²) in [6, 6.07) is 2.39. The zero-order chi connectivity index (χ0) is 12.3. The largest absolute Gasteiger partial charge is 0.395 e. The molecule has 0 amide bonds. The van der Waals surface area contributed by atoms with Gasteiger partial charge in [0, 0.05) is 6.04 Å². The molecule has 1 rings (SSSR count). The van der Waals surface area contributed by atoms with Crippen LogP contribution < -0.4 is 4.72 Å². The molecule has 1 aromatic rings. The van der Waals surface area contributed by atoms with E-state index in [0.717, 1.165) is 18.2 Å². The predicted molar refractivity (Wildman–Crippen MR) is 58.3 cm³/mol. The number of nitrogens with one attached hydrogen (secondary N) is 1. The molecule has 0 aliphatic heterocycles. The van der Waals surface area contributed by atoms with Gasteiger partial charge >= 0.3 is 0 Å². The molecule has 4 nitrogen and oxygen atoms in total. The van der Waals surface area contributed by atoms with Crippen LogP contribution in [0.15, 0.2) is 23.1 Å². The van der Waals surface area contributed by atoms with Gasteiger partial charge in [-0.15, -0.1) is 0 Å². The summed E-state index contributed by atoms with van der Waals surface area (Å²) in [6.45, 7) is 1.12. The summed E-state index contributed by atoms with van der Waals surface area (Å²) < 4.78 is 38.5. The van der Waals surface area contributed by atoms with E-state index in [1.165, 1.54) is 6.92 Å². The van der Waals surface area contributed by atoms with Crippen LogP contribution in [0.25, 0.3) is 0 Å². The zero-order valence-electron chi connectivity index (χ0n) is 8.44. The average Bonchev–Trinajstić information content (AvgIpc) is 2.20. The molecule has 0 aliphatic rings. The maximum Gasteiger partial charge on any atom is 0.242 e. The number of sulfonamides is 1. The van der Waals surface area contributed by atoms with Crippen molar-refractivity contribution in [2.45, 2.75) is 17.9 Å². The van der Waals surface area contributed by atoms with Gasteiger partial charge in [0.15, 0.2) is 0 Å². The molecule has 0 saturated heterocycles. The minimum absolute atomic E-state index is 0.0703. The molecule has 2 N–H and O–H groups in total. The highest BCUT2D eigenvalue weighted by atomic mass is 35.5. The van der Waals surface area contributed by atoms with Gasteiger partial charge < -0.3 is 5.11 Å². The highest BCUT2D eigenvalue weighted by Crippen LogP contribution is 2.22. The lowest BCUT2D eigenvalue weighted by Gasteiger charge is -2.12. The molecule has 1 atom stereocenters. The van der Waals surface area contributed by atoms with Crippen LogP contribution in [-0.4, -0.2) is 26.2 Å². The van der Waals surface area contributed by atoms with E-state index in [2.05, 4.69) is 4.72 Å². The standard InChI is InChI=1S/C9H11ClFNO3S/c1-6(5-13)12-16(14,15)9-4-7(11)2-3-8(9)10/h2-4,6,12-13H,5H2,1H3/t6-/m1/s1. The number of hydrogen-bond acceptors (Lipinski definition) is 3. The van der Waals surface area contributed by atoms with E-state index in [9.17, 15) is 12.8 Å². The molecule has 7 heteroatoms. The van der Waals surface area contributed by atoms with E-state index in [0.29, 0.717) is 0 Å². The van der Waals surface area contributed by atoms with Crippen molar-refractivity contribution in [2.24, 2.45) is 0 Å². The molecule has 16 heavy (non-hydrogen) atoms. The Morgan fingerprint density at radius 1 is 1.56 bits per heavy atom. The number of aliphatic hydroxyl groups is 1. The fraction of sp³-hybridized carbons (Fsp3) is 0.333. The molecule has 0 radical (unpaired) electrons. The van der Waals surface area contributed by atoms with E-state index < -0.39 is 21.9 Å². The van der Waals surface area contributed by atoms with Gasteiger partial charge in [-0.3, -0.25) is 0 Å². The van der Waals surface area contributed by atoms with Gasteiger partial charge in [0.2, 0.25) is 10.0 Å². The predicted octanol–water partition coefficient (Wildman–Crippen LogP) is 1.14. The Labute approximate surface area is 98.1 Å². The van der Waals surface area contributed by atoms with Crippen molar-refractivity contribution in [1.29, 1.82) is 0 Å². The molecule has 0 spiro atoms. The molecular formula is C9H11ClFNO3S. The summed E-state index contributed by atoms with van der Waals surface area (Å²) in [5, 5.41) is 8.66. The van der Waals surface area contributed by atoms with E-state index >= 15 is 0 Å². The molecule has 0 heterocycles. The first-order valence-electron chi connectivity index (χ1n) is 4.45. The Balaban J connectivity index is 3.12. The van der Waals surface area contributed by atoms with Gasteiger partial charge in [-0.05, 0) is 25.1 Å². The Kier molecular flexibility index (Phi) is 4.26. The Hall–Kier alpha value is -0.690. The monoisotopic (exact) mass is 267 g/mol. The first-order valence-corrected chi connectivity index (χ1v) is 6.31. The van der Waals surface area contributed by atoms with Crippen molar-refractivity contribution in [3.63, 3.8) is 0 Å². The normalized spacial score (nSPS) is 13.8. The fourth-order valence-electron chi connectivity index (χ4n) is 1.05. The average molecular weight is 268 g/mol. The minimum Gasteiger partial charge on any atom is -0.395 e. The summed E-state index contributed by atoms with van der Waals surface area (Å²) in [7, 11) is -3.91. The third-order valence-corrected chi connectivity index (χ3v) is 3.88. The maximum absolute atomic E-state index is 12.9. The fourth-order valence-corrected chi connectivity index (χ4v) is 2.79. The van der Waals surface area contributed by atoms with Crippen LogP contribution in [0.1, 0.15) is 6.92 Å². The third kappa shape index (κ3) is 3.15. The number of halogens is 2. The second kappa shape index (κ2) is 5.09. The van der Waals surface area contributed by atoms with Crippen molar-refractivity contribution in [3.8, 4) is 0 Å². The van der Waals surface area contributed by atoms with Crippen LogP contribution in [0, 0.1) is 5.82 Å². The Morgan fingerprint density at radius 2 is 2.19 bits per heavy atom. The van der Waals surface area contributed by atoms with E-state index in [-0.39, 0.29) is 16.5 Å². The van der Waals surface area contributed by atoms with Crippen LogP contribution in [0.3, 0.4) is 0 Å².